The molecule has 2 aliphatic rings. The van der Waals surface area contributed by atoms with E-state index in [4.69, 9.17) is 0 Å². The fourth-order valence-corrected chi connectivity index (χ4v) is 4.84. The summed E-state index contributed by atoms with van der Waals surface area (Å²) in [7, 11) is 0. The predicted octanol–water partition coefficient (Wildman–Crippen LogP) is 1.62. The number of nitrogens with zero attached hydrogens (tertiary/aromatic N) is 2. The van der Waals surface area contributed by atoms with Crippen molar-refractivity contribution in [3.05, 3.63) is 59.7 Å². The topological polar surface area (TPSA) is 105 Å². The molecule has 0 unspecified atom stereocenters. The molecule has 2 aromatic rings. The van der Waals surface area contributed by atoms with Crippen LogP contribution in [0.25, 0.3) is 0 Å². The van der Waals surface area contributed by atoms with Crippen LogP contribution in [-0.2, 0) is 22.4 Å². The Morgan fingerprint density at radius 3 is 2.18 bits per heavy atom. The van der Waals surface area contributed by atoms with Gasteiger partial charge < -0.3 is 25.7 Å². The first-order chi connectivity index (χ1) is 16.5. The summed E-state index contributed by atoms with van der Waals surface area (Å²) in [6, 6.07) is 14.0. The van der Waals surface area contributed by atoms with Gasteiger partial charge in [0.15, 0.2) is 0 Å². The highest BCUT2D eigenvalue weighted by molar-refractivity contribution is 5.85. The summed E-state index contributed by atoms with van der Waals surface area (Å²) in [4.78, 5) is 29.1. The Morgan fingerprint density at radius 1 is 0.941 bits per heavy atom. The number of hydrogen-bond acceptors (Lipinski definition) is 6. The van der Waals surface area contributed by atoms with E-state index >= 15 is 0 Å². The van der Waals surface area contributed by atoms with Crippen molar-refractivity contribution < 1.29 is 19.8 Å². The van der Waals surface area contributed by atoms with Crippen LogP contribution in [0.5, 0.6) is 5.75 Å². The molecule has 2 aromatic carbocycles. The van der Waals surface area contributed by atoms with E-state index in [0.29, 0.717) is 6.04 Å². The molecule has 8 nitrogen and oxygen atoms in total. The summed E-state index contributed by atoms with van der Waals surface area (Å²) in [6.45, 7) is 6.38. The summed E-state index contributed by atoms with van der Waals surface area (Å²) in [5.74, 6) is -1.29. The quantitative estimate of drug-likeness (QED) is 0.469. The maximum atomic E-state index is 12.5. The van der Waals surface area contributed by atoms with Crippen molar-refractivity contribution in [1.29, 1.82) is 0 Å². The lowest BCUT2D eigenvalue weighted by Gasteiger charge is -2.41. The smallest absolute Gasteiger partial charge is 0.326 e. The van der Waals surface area contributed by atoms with Crippen LogP contribution in [0, 0.1) is 0 Å². The van der Waals surface area contributed by atoms with Crippen LogP contribution in [0.4, 0.5) is 5.69 Å². The molecular formula is C26H34N4O4. The van der Waals surface area contributed by atoms with Gasteiger partial charge in [-0.3, -0.25) is 9.69 Å². The van der Waals surface area contributed by atoms with Gasteiger partial charge in [0, 0.05) is 44.3 Å². The SMILES string of the molecule is O=C(Cc1ccc(N2CCN(C3CCNCC3)CC2)cc1)N[C@@H](Cc1ccc(O)cc1)C(=O)O. The summed E-state index contributed by atoms with van der Waals surface area (Å²) in [6.07, 6.45) is 2.75. The highest BCUT2D eigenvalue weighted by Gasteiger charge is 2.25. The molecule has 8 heteroatoms. The molecule has 0 bridgehead atoms. The highest BCUT2D eigenvalue weighted by atomic mass is 16.4. The highest BCUT2D eigenvalue weighted by Crippen LogP contribution is 2.20. The van der Waals surface area contributed by atoms with Gasteiger partial charge in [-0.1, -0.05) is 24.3 Å². The Kier molecular flexibility index (Phi) is 8.03. The molecule has 2 heterocycles. The number of piperazine rings is 1. The van der Waals surface area contributed by atoms with Crippen LogP contribution in [0.15, 0.2) is 48.5 Å². The monoisotopic (exact) mass is 466 g/mol. The van der Waals surface area contributed by atoms with Gasteiger partial charge in [0.1, 0.15) is 11.8 Å². The Bertz CT molecular complexity index is 950. The third kappa shape index (κ3) is 6.48. The van der Waals surface area contributed by atoms with Crippen LogP contribution in [0.2, 0.25) is 0 Å². The van der Waals surface area contributed by atoms with Crippen LogP contribution >= 0.6 is 0 Å². The van der Waals surface area contributed by atoms with E-state index in [1.165, 1.54) is 25.0 Å². The van der Waals surface area contributed by atoms with Gasteiger partial charge in [-0.25, -0.2) is 4.79 Å². The number of carboxylic acids is 1. The molecule has 0 spiro atoms. The molecule has 4 N–H and O–H groups in total. The standard InChI is InChI=1S/C26H34N4O4/c31-23-7-3-19(4-8-23)17-24(26(33)34)28-25(32)18-20-1-5-21(6-2-20)29-13-15-30(16-14-29)22-9-11-27-12-10-22/h1-8,22,24,27,31H,9-18H2,(H,28,32)(H,33,34)/t24-/m0/s1. The van der Waals surface area contributed by atoms with Crippen molar-refractivity contribution in [3.8, 4) is 5.75 Å². The number of nitrogens with one attached hydrogen (secondary N) is 2. The molecule has 1 amide bonds. The molecule has 34 heavy (non-hydrogen) atoms. The summed E-state index contributed by atoms with van der Waals surface area (Å²) in [5.41, 5.74) is 2.74. The normalized spacial score (nSPS) is 18.4. The van der Waals surface area contributed by atoms with Gasteiger partial charge in [-0.2, -0.15) is 0 Å². The number of aromatic hydroxyl groups is 1. The van der Waals surface area contributed by atoms with Crippen molar-refractivity contribution in [3.63, 3.8) is 0 Å². The lowest BCUT2D eigenvalue weighted by Crippen LogP contribution is -2.52. The Hall–Kier alpha value is -3.10. The van der Waals surface area contributed by atoms with Crippen molar-refractivity contribution in [1.82, 2.24) is 15.5 Å². The van der Waals surface area contributed by atoms with E-state index in [-0.39, 0.29) is 24.5 Å². The number of rotatable bonds is 8. The molecular weight excluding hydrogens is 432 g/mol. The second-order valence-corrected chi connectivity index (χ2v) is 9.18. The van der Waals surface area contributed by atoms with Gasteiger partial charge in [-0.05, 0) is 61.3 Å². The molecule has 2 fully saturated rings. The Morgan fingerprint density at radius 2 is 1.56 bits per heavy atom. The maximum Gasteiger partial charge on any atom is 0.326 e. The minimum absolute atomic E-state index is 0.117. The molecule has 0 aliphatic carbocycles. The van der Waals surface area contributed by atoms with E-state index < -0.39 is 12.0 Å². The molecule has 0 aromatic heterocycles. The van der Waals surface area contributed by atoms with E-state index in [1.807, 2.05) is 24.3 Å². The molecule has 182 valence electrons. The summed E-state index contributed by atoms with van der Waals surface area (Å²) < 4.78 is 0. The van der Waals surface area contributed by atoms with Crippen LogP contribution < -0.4 is 15.5 Å². The van der Waals surface area contributed by atoms with Crippen molar-refractivity contribution in [2.24, 2.45) is 0 Å². The third-order valence-corrected chi connectivity index (χ3v) is 6.81. The molecule has 2 saturated heterocycles. The summed E-state index contributed by atoms with van der Waals surface area (Å²) >= 11 is 0. The lowest BCUT2D eigenvalue weighted by molar-refractivity contribution is -0.141. The zero-order valence-electron chi connectivity index (χ0n) is 19.4. The number of carbonyl (C=O) groups is 2. The van der Waals surface area contributed by atoms with Crippen LogP contribution in [-0.4, -0.2) is 78.3 Å². The number of carbonyl (C=O) groups excluding carboxylic acids is 1. The summed E-state index contributed by atoms with van der Waals surface area (Å²) in [5, 5.41) is 24.9. The second kappa shape index (κ2) is 11.4. The van der Waals surface area contributed by atoms with E-state index in [1.54, 1.807) is 12.1 Å². The van der Waals surface area contributed by atoms with Gasteiger partial charge in [0.2, 0.25) is 5.91 Å². The van der Waals surface area contributed by atoms with Crippen molar-refractivity contribution >= 4 is 17.6 Å². The first-order valence-electron chi connectivity index (χ1n) is 12.1. The van der Waals surface area contributed by atoms with E-state index in [0.717, 1.165) is 56.1 Å². The number of benzene rings is 2. The maximum absolute atomic E-state index is 12.5. The number of amides is 1. The van der Waals surface area contributed by atoms with Gasteiger partial charge in [0.05, 0.1) is 6.42 Å². The number of carboxylic acid groups (broad SMARTS) is 1. The van der Waals surface area contributed by atoms with E-state index in [2.05, 4.69) is 20.4 Å². The number of aliphatic carboxylic acids is 1. The molecule has 0 saturated carbocycles. The minimum atomic E-state index is -1.08. The molecule has 4 rings (SSSR count). The number of phenolic OH excluding ortho intramolecular Hbond substituents is 1. The molecule has 2 aliphatic heterocycles. The average Bonchev–Trinajstić information content (AvgIpc) is 2.86. The minimum Gasteiger partial charge on any atom is -0.508 e. The first-order valence-corrected chi connectivity index (χ1v) is 12.1. The number of hydrogen-bond donors (Lipinski definition) is 4. The molecule has 1 atom stereocenters. The van der Waals surface area contributed by atoms with Crippen molar-refractivity contribution in [2.75, 3.05) is 44.2 Å². The first kappa shape index (κ1) is 24.0. The zero-order chi connectivity index (χ0) is 23.9. The number of piperidine rings is 1. The Balaban J connectivity index is 1.26. The zero-order valence-corrected chi connectivity index (χ0v) is 19.4. The van der Waals surface area contributed by atoms with Crippen LogP contribution in [0.3, 0.4) is 0 Å². The third-order valence-electron chi connectivity index (χ3n) is 6.81. The number of phenols is 1. The fraction of sp³-hybridized carbons (Fsp3) is 0.462. The Labute approximate surface area is 200 Å². The number of anilines is 1. The average molecular weight is 467 g/mol. The van der Waals surface area contributed by atoms with E-state index in [9.17, 15) is 19.8 Å². The fourth-order valence-electron chi connectivity index (χ4n) is 4.84. The van der Waals surface area contributed by atoms with Crippen LogP contribution in [0.1, 0.15) is 24.0 Å². The predicted molar refractivity (Wildman–Crippen MR) is 131 cm³/mol. The largest absolute Gasteiger partial charge is 0.508 e. The van der Waals surface area contributed by atoms with Gasteiger partial charge in [-0.15, -0.1) is 0 Å². The lowest BCUT2D eigenvalue weighted by atomic mass is 10.0. The second-order valence-electron chi connectivity index (χ2n) is 9.18. The van der Waals surface area contributed by atoms with Crippen molar-refractivity contribution in [2.45, 2.75) is 37.8 Å². The van der Waals surface area contributed by atoms with Gasteiger partial charge in [0.25, 0.3) is 0 Å². The molecule has 0 radical (unpaired) electrons. The van der Waals surface area contributed by atoms with Gasteiger partial charge >= 0.3 is 5.97 Å².